The number of anilines is 2. The second-order valence-electron chi connectivity index (χ2n) is 7.78. The van der Waals surface area contributed by atoms with Crippen molar-refractivity contribution in [2.45, 2.75) is 13.3 Å². The van der Waals surface area contributed by atoms with Crippen molar-refractivity contribution in [2.24, 2.45) is 4.99 Å². The molecular weight excluding hydrogens is 519 g/mol. The predicted octanol–water partition coefficient (Wildman–Crippen LogP) is 6.10. The molecule has 0 saturated carbocycles. The third-order valence-electron chi connectivity index (χ3n) is 5.06. The zero-order valence-electron chi connectivity index (χ0n) is 20.1. The Morgan fingerprint density at radius 1 is 1.03 bits per heavy atom. The zero-order valence-corrected chi connectivity index (χ0v) is 20.9. The fourth-order valence-corrected chi connectivity index (χ4v) is 4.30. The first-order valence-electron chi connectivity index (χ1n) is 11.4. The molecule has 38 heavy (non-hydrogen) atoms. The van der Waals surface area contributed by atoms with E-state index in [-0.39, 0.29) is 28.2 Å². The first-order chi connectivity index (χ1) is 18.2. The maximum Gasteiger partial charge on any atom is 0.573 e. The summed E-state index contributed by atoms with van der Waals surface area (Å²) < 4.78 is 47.5. The number of amides is 2. The first-order valence-corrected chi connectivity index (χ1v) is 12.4. The second-order valence-corrected chi connectivity index (χ2v) is 8.73. The van der Waals surface area contributed by atoms with Crippen molar-refractivity contribution in [1.29, 1.82) is 0 Å². The van der Waals surface area contributed by atoms with Gasteiger partial charge in [-0.25, -0.2) is 4.99 Å². The van der Waals surface area contributed by atoms with Crippen molar-refractivity contribution < 1.29 is 32.2 Å². The Morgan fingerprint density at radius 2 is 1.71 bits per heavy atom. The van der Waals surface area contributed by atoms with Gasteiger partial charge < -0.3 is 14.8 Å². The zero-order chi connectivity index (χ0) is 27.1. The number of alkyl halides is 3. The van der Waals surface area contributed by atoms with E-state index in [0.717, 1.165) is 23.4 Å². The summed E-state index contributed by atoms with van der Waals surface area (Å²) in [5.74, 6) is -1.02. The molecule has 4 rings (SSSR count). The predicted molar refractivity (Wildman–Crippen MR) is 141 cm³/mol. The molecule has 0 bridgehead atoms. The number of rotatable bonds is 8. The van der Waals surface area contributed by atoms with Gasteiger partial charge in [-0.3, -0.25) is 14.5 Å². The van der Waals surface area contributed by atoms with E-state index in [4.69, 9.17) is 4.74 Å². The molecule has 7 nitrogen and oxygen atoms in total. The topological polar surface area (TPSA) is 80.2 Å². The van der Waals surface area contributed by atoms with Crippen molar-refractivity contribution in [3.8, 4) is 11.5 Å². The van der Waals surface area contributed by atoms with Gasteiger partial charge in [0.25, 0.3) is 5.91 Å². The van der Waals surface area contributed by atoms with Crippen molar-refractivity contribution in [1.82, 2.24) is 0 Å². The SMILES string of the molecule is CCOc1ccc(/C=C2/N=C(SCC(=O)Nc3ccccc3OC(F)(F)F)N(c3ccccc3)C2=O)cc1. The van der Waals surface area contributed by atoms with Crippen molar-refractivity contribution >= 4 is 46.2 Å². The average molecular weight is 542 g/mol. The molecule has 3 aromatic rings. The van der Waals surface area contributed by atoms with E-state index < -0.39 is 18.0 Å². The van der Waals surface area contributed by atoms with Gasteiger partial charge in [0.2, 0.25) is 5.91 Å². The minimum absolute atomic E-state index is 0.129. The molecule has 0 radical (unpaired) electrons. The van der Waals surface area contributed by atoms with Crippen LogP contribution in [0.2, 0.25) is 0 Å². The molecule has 0 unspecified atom stereocenters. The molecule has 0 aromatic heterocycles. The summed E-state index contributed by atoms with van der Waals surface area (Å²) >= 11 is 0.980. The highest BCUT2D eigenvalue weighted by Crippen LogP contribution is 2.32. The first kappa shape index (κ1) is 26.8. The van der Waals surface area contributed by atoms with Crippen LogP contribution >= 0.6 is 11.8 Å². The number of benzene rings is 3. The molecule has 0 aliphatic carbocycles. The molecule has 1 N–H and O–H groups in total. The largest absolute Gasteiger partial charge is 0.573 e. The quantitative estimate of drug-likeness (QED) is 0.349. The summed E-state index contributed by atoms with van der Waals surface area (Å²) in [7, 11) is 0. The lowest BCUT2D eigenvalue weighted by Crippen LogP contribution is -2.31. The Bertz CT molecular complexity index is 1360. The molecular formula is C27H22F3N3O4S. The Kier molecular flexibility index (Phi) is 8.37. The van der Waals surface area contributed by atoms with Gasteiger partial charge in [-0.15, -0.1) is 13.2 Å². The third-order valence-corrected chi connectivity index (χ3v) is 6.00. The number of amidine groups is 1. The Labute approximate surface area is 221 Å². The molecule has 0 atom stereocenters. The number of thioether (sulfide) groups is 1. The highest BCUT2D eigenvalue weighted by molar-refractivity contribution is 8.14. The van der Waals surface area contributed by atoms with E-state index >= 15 is 0 Å². The van der Waals surface area contributed by atoms with Gasteiger partial charge in [0.1, 0.15) is 11.4 Å². The van der Waals surface area contributed by atoms with E-state index in [1.54, 1.807) is 60.7 Å². The standard InChI is InChI=1S/C27H22F3N3O4S/c1-2-36-20-14-12-18(13-15-20)16-22-25(35)33(19-8-4-3-5-9-19)26(32-22)38-17-24(34)31-21-10-6-7-11-23(21)37-27(28,29)30/h3-16H,2,17H2,1H3,(H,31,34)/b22-16+. The number of ether oxygens (including phenoxy) is 2. The minimum Gasteiger partial charge on any atom is -0.494 e. The summed E-state index contributed by atoms with van der Waals surface area (Å²) in [5.41, 5.74) is 1.34. The van der Waals surface area contributed by atoms with Crippen LogP contribution in [0.4, 0.5) is 24.5 Å². The number of nitrogens with zero attached hydrogens (tertiary/aromatic N) is 2. The van der Waals surface area contributed by atoms with Gasteiger partial charge in [-0.05, 0) is 55.0 Å². The summed E-state index contributed by atoms with van der Waals surface area (Å²) in [6, 6.07) is 21.2. The van der Waals surface area contributed by atoms with Crippen molar-refractivity contribution in [3.63, 3.8) is 0 Å². The van der Waals surface area contributed by atoms with E-state index in [9.17, 15) is 22.8 Å². The Hall–Kier alpha value is -4.25. The molecule has 2 amide bonds. The monoisotopic (exact) mass is 541 g/mol. The number of hydrogen-bond donors (Lipinski definition) is 1. The fourth-order valence-electron chi connectivity index (χ4n) is 3.48. The summed E-state index contributed by atoms with van der Waals surface area (Å²) in [6.45, 7) is 2.42. The molecule has 0 fully saturated rings. The number of carbonyl (C=O) groups excluding carboxylic acids is 2. The summed E-state index contributed by atoms with van der Waals surface area (Å²) in [4.78, 5) is 31.7. The maximum absolute atomic E-state index is 13.3. The summed E-state index contributed by atoms with van der Waals surface area (Å²) in [6.07, 6.45) is -3.27. The molecule has 1 heterocycles. The van der Waals surface area contributed by atoms with Gasteiger partial charge in [0.05, 0.1) is 23.7 Å². The maximum atomic E-state index is 13.3. The molecule has 11 heteroatoms. The number of halogens is 3. The number of aliphatic imine (C=N–C) groups is 1. The molecule has 0 saturated heterocycles. The van der Waals surface area contributed by atoms with Crippen LogP contribution in [0.3, 0.4) is 0 Å². The summed E-state index contributed by atoms with van der Waals surface area (Å²) in [5, 5.41) is 2.68. The number of carbonyl (C=O) groups is 2. The highest BCUT2D eigenvalue weighted by atomic mass is 32.2. The van der Waals surface area contributed by atoms with Crippen LogP contribution in [0.1, 0.15) is 12.5 Å². The van der Waals surface area contributed by atoms with Crippen molar-refractivity contribution in [2.75, 3.05) is 22.6 Å². The Morgan fingerprint density at radius 3 is 2.39 bits per heavy atom. The van der Waals surface area contributed by atoms with Gasteiger partial charge in [0, 0.05) is 0 Å². The fraction of sp³-hybridized carbons (Fsp3) is 0.148. The van der Waals surface area contributed by atoms with Crippen LogP contribution in [-0.2, 0) is 9.59 Å². The van der Waals surface area contributed by atoms with Crippen LogP contribution in [-0.4, -0.2) is 35.7 Å². The molecule has 196 valence electrons. The number of para-hydroxylation sites is 3. The van der Waals surface area contributed by atoms with Crippen LogP contribution in [0.5, 0.6) is 11.5 Å². The molecule has 1 aliphatic heterocycles. The lowest BCUT2D eigenvalue weighted by Gasteiger charge is -2.18. The Balaban J connectivity index is 1.52. The smallest absolute Gasteiger partial charge is 0.494 e. The van der Waals surface area contributed by atoms with Crippen LogP contribution < -0.4 is 19.7 Å². The highest BCUT2D eigenvalue weighted by Gasteiger charge is 2.33. The van der Waals surface area contributed by atoms with Gasteiger partial charge in [-0.1, -0.05) is 54.2 Å². The van der Waals surface area contributed by atoms with Gasteiger partial charge in [-0.2, -0.15) is 0 Å². The van der Waals surface area contributed by atoms with E-state index in [2.05, 4.69) is 15.0 Å². The van der Waals surface area contributed by atoms with E-state index in [0.29, 0.717) is 18.0 Å². The second kappa shape index (κ2) is 11.9. The lowest BCUT2D eigenvalue weighted by atomic mass is 10.2. The van der Waals surface area contributed by atoms with Gasteiger partial charge in [0.15, 0.2) is 10.9 Å². The van der Waals surface area contributed by atoms with Crippen LogP contribution in [0, 0.1) is 0 Å². The normalized spacial score (nSPS) is 14.4. The van der Waals surface area contributed by atoms with E-state index in [1.165, 1.54) is 23.1 Å². The molecule has 1 aliphatic rings. The number of nitrogens with one attached hydrogen (secondary N) is 1. The number of hydrogen-bond acceptors (Lipinski definition) is 6. The average Bonchev–Trinajstić information content (AvgIpc) is 3.19. The van der Waals surface area contributed by atoms with Crippen molar-refractivity contribution in [3.05, 3.63) is 90.1 Å². The third kappa shape index (κ3) is 6.94. The minimum atomic E-state index is -4.91. The molecule has 0 spiro atoms. The lowest BCUT2D eigenvalue weighted by molar-refractivity contribution is -0.274. The van der Waals surface area contributed by atoms with Crippen LogP contribution in [0.25, 0.3) is 6.08 Å². The van der Waals surface area contributed by atoms with Gasteiger partial charge >= 0.3 is 6.36 Å². The van der Waals surface area contributed by atoms with Crippen LogP contribution in [0.15, 0.2) is 89.6 Å². The van der Waals surface area contributed by atoms with E-state index in [1.807, 2.05) is 6.92 Å². The molecule has 3 aromatic carbocycles.